The number of carbonyl (C=O) groups is 2. The minimum atomic E-state index is -0.384. The van der Waals surface area contributed by atoms with Crippen LogP contribution in [0.15, 0.2) is 36.7 Å². The molecule has 24 heavy (non-hydrogen) atoms. The van der Waals surface area contributed by atoms with Crippen LogP contribution < -0.4 is 10.6 Å². The van der Waals surface area contributed by atoms with Crippen molar-refractivity contribution >= 4 is 29.0 Å². The topological polar surface area (TPSA) is 101 Å². The summed E-state index contributed by atoms with van der Waals surface area (Å²) < 4.78 is 6.51. The molecule has 3 rings (SSSR count). The first-order chi connectivity index (χ1) is 11.6. The van der Waals surface area contributed by atoms with E-state index in [9.17, 15) is 9.59 Å². The van der Waals surface area contributed by atoms with Crippen LogP contribution in [0.2, 0.25) is 0 Å². The van der Waals surface area contributed by atoms with Gasteiger partial charge in [0.2, 0.25) is 5.95 Å². The Kier molecular flexibility index (Phi) is 4.19. The highest BCUT2D eigenvalue weighted by molar-refractivity contribution is 5.90. The van der Waals surface area contributed by atoms with Gasteiger partial charge in [-0.05, 0) is 31.2 Å². The van der Waals surface area contributed by atoms with Gasteiger partial charge in [-0.3, -0.25) is 5.32 Å². The number of esters is 1. The summed E-state index contributed by atoms with van der Waals surface area (Å²) in [5.74, 6) is -0.0133. The summed E-state index contributed by atoms with van der Waals surface area (Å²) in [6, 6.07) is 6.96. The maximum Gasteiger partial charge on any atom is 0.339 e. The fraction of sp³-hybridized carbons (Fsp3) is 0.188. The van der Waals surface area contributed by atoms with E-state index < -0.39 is 0 Å². The summed E-state index contributed by atoms with van der Waals surface area (Å²) in [7, 11) is 1.35. The zero-order valence-corrected chi connectivity index (χ0v) is 13.3. The van der Waals surface area contributed by atoms with Crippen LogP contribution in [0, 0.1) is 0 Å². The summed E-state index contributed by atoms with van der Waals surface area (Å²) in [5.41, 5.74) is 2.82. The minimum absolute atomic E-state index is 0.315. The van der Waals surface area contributed by atoms with Crippen LogP contribution in [0.3, 0.4) is 0 Å². The van der Waals surface area contributed by atoms with Gasteiger partial charge in [0.25, 0.3) is 0 Å². The van der Waals surface area contributed by atoms with Crippen molar-refractivity contribution in [1.82, 2.24) is 19.9 Å². The van der Waals surface area contributed by atoms with Crippen molar-refractivity contribution in [3.05, 3.63) is 42.2 Å². The van der Waals surface area contributed by atoms with Crippen LogP contribution in [0.25, 0.3) is 16.7 Å². The Morgan fingerprint density at radius 3 is 2.92 bits per heavy atom. The molecule has 3 N–H and O–H groups in total. The third-order valence-corrected chi connectivity index (χ3v) is 3.45. The van der Waals surface area contributed by atoms with Crippen molar-refractivity contribution in [1.29, 1.82) is 0 Å². The van der Waals surface area contributed by atoms with E-state index in [1.807, 2.05) is 29.7 Å². The highest BCUT2D eigenvalue weighted by Gasteiger charge is 2.10. The molecule has 1 aromatic carbocycles. The van der Waals surface area contributed by atoms with Crippen LogP contribution in [-0.2, 0) is 4.74 Å². The van der Waals surface area contributed by atoms with E-state index in [0.717, 1.165) is 16.7 Å². The number of urea groups is 1. The summed E-state index contributed by atoms with van der Waals surface area (Å²) >= 11 is 0. The fourth-order valence-corrected chi connectivity index (χ4v) is 2.33. The van der Waals surface area contributed by atoms with Crippen LogP contribution in [0.4, 0.5) is 10.7 Å². The molecule has 0 atom stereocenters. The zero-order chi connectivity index (χ0) is 17.1. The van der Waals surface area contributed by atoms with Crippen molar-refractivity contribution in [3.63, 3.8) is 0 Å². The van der Waals surface area contributed by atoms with Crippen molar-refractivity contribution in [3.8, 4) is 5.69 Å². The normalized spacial score (nSPS) is 10.6. The lowest BCUT2D eigenvalue weighted by atomic mass is 10.3. The number of fused-ring (bicyclic) bond motifs is 1. The molecule has 0 radical (unpaired) electrons. The average Bonchev–Trinajstić information content (AvgIpc) is 3.19. The predicted molar refractivity (Wildman–Crippen MR) is 89.5 cm³/mol. The smallest absolute Gasteiger partial charge is 0.339 e. The third-order valence-electron chi connectivity index (χ3n) is 3.45. The first-order valence-electron chi connectivity index (χ1n) is 7.42. The summed E-state index contributed by atoms with van der Waals surface area (Å²) in [5, 5.41) is 5.27. The van der Waals surface area contributed by atoms with E-state index >= 15 is 0 Å². The number of carbonyl (C=O) groups excluding carboxylic acids is 2. The van der Waals surface area contributed by atoms with Crippen LogP contribution >= 0.6 is 0 Å². The Hall–Kier alpha value is -3.29. The van der Waals surface area contributed by atoms with E-state index in [0.29, 0.717) is 18.1 Å². The number of rotatable bonds is 4. The molecule has 0 spiro atoms. The quantitative estimate of drug-likeness (QED) is 0.640. The molecule has 8 heteroatoms. The second kappa shape index (κ2) is 6.45. The van der Waals surface area contributed by atoms with Crippen molar-refractivity contribution in [2.45, 2.75) is 6.92 Å². The molecule has 0 bridgehead atoms. The number of H-pyrrole nitrogens is 1. The van der Waals surface area contributed by atoms with E-state index in [1.165, 1.54) is 7.11 Å². The average molecular weight is 327 g/mol. The van der Waals surface area contributed by atoms with Gasteiger partial charge in [0.05, 0.1) is 23.7 Å². The van der Waals surface area contributed by atoms with E-state index in [1.54, 1.807) is 18.5 Å². The number of nitrogens with one attached hydrogen (secondary N) is 3. The molecular formula is C16H17N5O3. The van der Waals surface area contributed by atoms with Gasteiger partial charge in [-0.2, -0.15) is 0 Å². The maximum absolute atomic E-state index is 11.5. The first kappa shape index (κ1) is 15.6. The molecule has 0 saturated carbocycles. The van der Waals surface area contributed by atoms with E-state index in [4.69, 9.17) is 4.74 Å². The molecule has 0 unspecified atom stereocenters. The third kappa shape index (κ3) is 3.07. The van der Waals surface area contributed by atoms with E-state index in [2.05, 4.69) is 20.6 Å². The molecular weight excluding hydrogens is 310 g/mol. The first-order valence-corrected chi connectivity index (χ1v) is 7.42. The number of benzene rings is 1. The Balaban J connectivity index is 1.87. The molecule has 124 valence electrons. The highest BCUT2D eigenvalue weighted by Crippen LogP contribution is 2.19. The van der Waals surface area contributed by atoms with Crippen molar-refractivity contribution in [2.24, 2.45) is 0 Å². The molecule has 0 fully saturated rings. The monoisotopic (exact) mass is 327 g/mol. The zero-order valence-electron chi connectivity index (χ0n) is 13.3. The lowest BCUT2D eigenvalue weighted by Gasteiger charge is -2.02. The Morgan fingerprint density at radius 2 is 2.17 bits per heavy atom. The molecule has 0 aliphatic rings. The van der Waals surface area contributed by atoms with Gasteiger partial charge in [0.1, 0.15) is 0 Å². The van der Waals surface area contributed by atoms with Crippen LogP contribution in [-0.4, -0.2) is 40.2 Å². The number of methoxy groups -OCH3 is 1. The highest BCUT2D eigenvalue weighted by atomic mass is 16.5. The number of aromatic amines is 1. The number of imidazole rings is 1. The van der Waals surface area contributed by atoms with Gasteiger partial charge in [-0.25, -0.2) is 14.6 Å². The van der Waals surface area contributed by atoms with Crippen LogP contribution in [0.1, 0.15) is 17.3 Å². The summed E-state index contributed by atoms with van der Waals surface area (Å²) in [4.78, 5) is 30.4. The summed E-state index contributed by atoms with van der Waals surface area (Å²) in [6.07, 6.45) is 3.47. The molecule has 8 nitrogen and oxygen atoms in total. The molecule has 0 aliphatic carbocycles. The van der Waals surface area contributed by atoms with Gasteiger partial charge in [0.15, 0.2) is 0 Å². The number of anilines is 1. The number of hydrogen-bond donors (Lipinski definition) is 3. The molecule has 3 aromatic rings. The number of amides is 2. The number of aromatic nitrogens is 3. The van der Waals surface area contributed by atoms with Gasteiger partial charge in [-0.15, -0.1) is 0 Å². The molecule has 2 aromatic heterocycles. The molecule has 0 saturated heterocycles. The predicted octanol–water partition coefficient (Wildman–Crippen LogP) is 2.28. The lowest BCUT2D eigenvalue weighted by Crippen LogP contribution is -2.28. The number of hydrogen-bond acceptors (Lipinski definition) is 4. The van der Waals surface area contributed by atoms with Gasteiger partial charge < -0.3 is 19.6 Å². The second-order valence-corrected chi connectivity index (χ2v) is 5.07. The van der Waals surface area contributed by atoms with Crippen molar-refractivity contribution < 1.29 is 14.3 Å². The second-order valence-electron chi connectivity index (χ2n) is 5.07. The number of ether oxygens (including phenoxy) is 1. The Bertz CT molecular complexity index is 896. The molecule has 2 amide bonds. The Morgan fingerprint density at radius 1 is 1.33 bits per heavy atom. The van der Waals surface area contributed by atoms with Crippen LogP contribution in [0.5, 0.6) is 0 Å². The standard InChI is InChI=1S/C16H17N5O3/c1-3-17-16(23)20-15-18-12-5-4-11(8-13(12)19-15)21-7-6-10(9-21)14(22)24-2/h4-9H,3H2,1-2H3,(H3,17,18,19,20,23). The SMILES string of the molecule is CCNC(=O)Nc1nc2ccc(-n3ccc(C(=O)OC)c3)cc2[nH]1. The fourth-order valence-electron chi connectivity index (χ4n) is 2.33. The van der Waals surface area contributed by atoms with Gasteiger partial charge in [0, 0.05) is 24.6 Å². The summed E-state index contributed by atoms with van der Waals surface area (Å²) in [6.45, 7) is 2.37. The van der Waals surface area contributed by atoms with E-state index in [-0.39, 0.29) is 12.0 Å². The van der Waals surface area contributed by atoms with Gasteiger partial charge >= 0.3 is 12.0 Å². The molecule has 2 heterocycles. The minimum Gasteiger partial charge on any atom is -0.465 e. The molecule has 0 aliphatic heterocycles. The largest absolute Gasteiger partial charge is 0.465 e. The lowest BCUT2D eigenvalue weighted by molar-refractivity contribution is 0.0601. The Labute approximate surface area is 137 Å². The number of nitrogens with zero attached hydrogens (tertiary/aromatic N) is 2. The maximum atomic E-state index is 11.5. The van der Waals surface area contributed by atoms with Gasteiger partial charge in [-0.1, -0.05) is 0 Å². The van der Waals surface area contributed by atoms with Crippen molar-refractivity contribution in [2.75, 3.05) is 19.0 Å².